The number of rotatable bonds is 7. The minimum atomic E-state index is 0.00942. The SMILES string of the molecule is CSCC[C@@H](CO)Nc1ncc(C)c(N(C)C)n1. The maximum atomic E-state index is 9.31. The van der Waals surface area contributed by atoms with Crippen molar-refractivity contribution in [3.8, 4) is 0 Å². The van der Waals surface area contributed by atoms with E-state index in [1.54, 1.807) is 18.0 Å². The van der Waals surface area contributed by atoms with Crippen molar-refractivity contribution in [2.75, 3.05) is 42.9 Å². The summed E-state index contributed by atoms with van der Waals surface area (Å²) < 4.78 is 0. The zero-order valence-corrected chi connectivity index (χ0v) is 12.3. The molecule has 0 saturated heterocycles. The molecule has 0 aliphatic rings. The third-order valence-electron chi connectivity index (χ3n) is 2.59. The molecule has 1 atom stereocenters. The van der Waals surface area contributed by atoms with E-state index in [1.165, 1.54) is 0 Å². The van der Waals surface area contributed by atoms with Crippen molar-refractivity contribution < 1.29 is 5.11 Å². The van der Waals surface area contributed by atoms with Gasteiger partial charge in [-0.3, -0.25) is 0 Å². The predicted octanol–water partition coefficient (Wildman–Crippen LogP) is 1.38. The first-order chi connectivity index (χ1) is 8.58. The first kappa shape index (κ1) is 15.0. The molecular weight excluding hydrogens is 248 g/mol. The fraction of sp³-hybridized carbons (Fsp3) is 0.667. The molecular formula is C12H22N4OS. The summed E-state index contributed by atoms with van der Waals surface area (Å²) in [6.45, 7) is 2.07. The standard InChI is InChI=1S/C12H22N4OS/c1-9-7-13-12(15-11(9)16(2)3)14-10(8-17)5-6-18-4/h7,10,17H,5-6,8H2,1-4H3,(H,13,14,15)/t10-/m0/s1. The van der Waals surface area contributed by atoms with E-state index in [4.69, 9.17) is 0 Å². The monoisotopic (exact) mass is 270 g/mol. The van der Waals surface area contributed by atoms with Crippen LogP contribution in [0, 0.1) is 6.92 Å². The van der Waals surface area contributed by atoms with Crippen molar-refractivity contribution in [2.24, 2.45) is 0 Å². The van der Waals surface area contributed by atoms with Gasteiger partial charge >= 0.3 is 0 Å². The molecule has 0 saturated carbocycles. The van der Waals surface area contributed by atoms with Crippen molar-refractivity contribution in [3.63, 3.8) is 0 Å². The molecule has 0 unspecified atom stereocenters. The molecule has 0 amide bonds. The lowest BCUT2D eigenvalue weighted by Gasteiger charge is -2.18. The Morgan fingerprint density at radius 2 is 2.22 bits per heavy atom. The van der Waals surface area contributed by atoms with Crippen LogP contribution in [0.3, 0.4) is 0 Å². The van der Waals surface area contributed by atoms with Gasteiger partial charge in [-0.05, 0) is 25.4 Å². The Morgan fingerprint density at radius 1 is 1.50 bits per heavy atom. The largest absolute Gasteiger partial charge is 0.394 e. The summed E-state index contributed by atoms with van der Waals surface area (Å²) in [6.07, 6.45) is 4.75. The highest BCUT2D eigenvalue weighted by Gasteiger charge is 2.10. The third kappa shape index (κ3) is 4.34. The van der Waals surface area contributed by atoms with Crippen LogP contribution < -0.4 is 10.2 Å². The zero-order chi connectivity index (χ0) is 13.5. The van der Waals surface area contributed by atoms with Crippen LogP contribution in [0.2, 0.25) is 0 Å². The van der Waals surface area contributed by atoms with Crippen LogP contribution in [-0.4, -0.2) is 53.8 Å². The number of aliphatic hydroxyl groups is 1. The lowest BCUT2D eigenvalue weighted by Crippen LogP contribution is -2.26. The molecule has 1 aromatic rings. The van der Waals surface area contributed by atoms with E-state index in [-0.39, 0.29) is 12.6 Å². The number of thioether (sulfide) groups is 1. The molecule has 1 rings (SSSR count). The fourth-order valence-corrected chi connectivity index (χ4v) is 2.13. The molecule has 0 fully saturated rings. The van der Waals surface area contributed by atoms with Crippen LogP contribution in [0.25, 0.3) is 0 Å². The average Bonchev–Trinajstić information content (AvgIpc) is 2.36. The van der Waals surface area contributed by atoms with Gasteiger partial charge in [0.1, 0.15) is 5.82 Å². The number of hydrogen-bond donors (Lipinski definition) is 2. The number of nitrogens with one attached hydrogen (secondary N) is 1. The number of hydrogen-bond acceptors (Lipinski definition) is 6. The van der Waals surface area contributed by atoms with Gasteiger partial charge in [0, 0.05) is 25.9 Å². The first-order valence-electron chi connectivity index (χ1n) is 5.95. The maximum absolute atomic E-state index is 9.31. The van der Waals surface area contributed by atoms with Gasteiger partial charge < -0.3 is 15.3 Å². The molecule has 0 aliphatic carbocycles. The molecule has 0 aliphatic heterocycles. The topological polar surface area (TPSA) is 61.3 Å². The van der Waals surface area contributed by atoms with Crippen LogP contribution in [0.1, 0.15) is 12.0 Å². The quantitative estimate of drug-likeness (QED) is 0.780. The molecule has 18 heavy (non-hydrogen) atoms. The zero-order valence-electron chi connectivity index (χ0n) is 11.5. The van der Waals surface area contributed by atoms with E-state index in [2.05, 4.69) is 21.5 Å². The summed E-state index contributed by atoms with van der Waals surface area (Å²) in [5, 5.41) is 12.5. The molecule has 6 heteroatoms. The molecule has 2 N–H and O–H groups in total. The molecule has 1 aromatic heterocycles. The van der Waals surface area contributed by atoms with E-state index in [0.29, 0.717) is 5.95 Å². The van der Waals surface area contributed by atoms with Gasteiger partial charge in [0.05, 0.1) is 12.6 Å². The highest BCUT2D eigenvalue weighted by Crippen LogP contribution is 2.16. The summed E-state index contributed by atoms with van der Waals surface area (Å²) in [4.78, 5) is 10.7. The maximum Gasteiger partial charge on any atom is 0.224 e. The van der Waals surface area contributed by atoms with Crippen molar-refractivity contribution >= 4 is 23.5 Å². The molecule has 1 heterocycles. The predicted molar refractivity (Wildman–Crippen MR) is 78.6 cm³/mol. The number of aliphatic hydroxyl groups excluding tert-OH is 1. The Bertz CT molecular complexity index is 373. The van der Waals surface area contributed by atoms with Crippen molar-refractivity contribution in [2.45, 2.75) is 19.4 Å². The lowest BCUT2D eigenvalue weighted by atomic mass is 10.2. The Morgan fingerprint density at radius 3 is 2.78 bits per heavy atom. The minimum Gasteiger partial charge on any atom is -0.394 e. The summed E-state index contributed by atoms with van der Waals surface area (Å²) in [5.41, 5.74) is 1.04. The van der Waals surface area contributed by atoms with Crippen LogP contribution in [0.15, 0.2) is 6.20 Å². The van der Waals surface area contributed by atoms with E-state index >= 15 is 0 Å². The molecule has 0 radical (unpaired) electrons. The van der Waals surface area contributed by atoms with Gasteiger partial charge in [-0.1, -0.05) is 0 Å². The van der Waals surface area contributed by atoms with Crippen LogP contribution in [0.4, 0.5) is 11.8 Å². The average molecular weight is 270 g/mol. The van der Waals surface area contributed by atoms with Gasteiger partial charge in [-0.15, -0.1) is 0 Å². The van der Waals surface area contributed by atoms with Crippen LogP contribution in [0.5, 0.6) is 0 Å². The Hall–Kier alpha value is -1.01. The second kappa shape index (κ2) is 7.43. The molecule has 0 aromatic carbocycles. The summed E-state index contributed by atoms with van der Waals surface area (Å²) in [7, 11) is 3.91. The molecule has 0 spiro atoms. The highest BCUT2D eigenvalue weighted by atomic mass is 32.2. The van der Waals surface area contributed by atoms with Crippen LogP contribution >= 0.6 is 11.8 Å². The lowest BCUT2D eigenvalue weighted by molar-refractivity contribution is 0.272. The van der Waals surface area contributed by atoms with Gasteiger partial charge in [-0.25, -0.2) is 4.98 Å². The minimum absolute atomic E-state index is 0.00942. The van der Waals surface area contributed by atoms with E-state index in [9.17, 15) is 5.11 Å². The highest BCUT2D eigenvalue weighted by molar-refractivity contribution is 7.98. The summed E-state index contributed by atoms with van der Waals surface area (Å²) in [6, 6.07) is 0.00942. The molecule has 5 nitrogen and oxygen atoms in total. The van der Waals surface area contributed by atoms with Crippen molar-refractivity contribution in [3.05, 3.63) is 11.8 Å². The van der Waals surface area contributed by atoms with Gasteiger partial charge in [0.25, 0.3) is 0 Å². The smallest absolute Gasteiger partial charge is 0.224 e. The van der Waals surface area contributed by atoms with Crippen LogP contribution in [-0.2, 0) is 0 Å². The van der Waals surface area contributed by atoms with Crippen molar-refractivity contribution in [1.82, 2.24) is 9.97 Å². The normalized spacial score (nSPS) is 12.3. The summed E-state index contributed by atoms with van der Waals surface area (Å²) >= 11 is 1.77. The van der Waals surface area contributed by atoms with Gasteiger partial charge in [0.15, 0.2) is 0 Å². The number of nitrogens with zero attached hydrogens (tertiary/aromatic N) is 3. The van der Waals surface area contributed by atoms with Gasteiger partial charge in [0.2, 0.25) is 5.95 Å². The van der Waals surface area contributed by atoms with E-state index in [0.717, 1.165) is 23.6 Å². The summed E-state index contributed by atoms with van der Waals surface area (Å²) in [5.74, 6) is 2.48. The second-order valence-corrected chi connectivity index (χ2v) is 5.39. The second-order valence-electron chi connectivity index (χ2n) is 4.40. The Kier molecular flexibility index (Phi) is 6.21. The van der Waals surface area contributed by atoms with Crippen molar-refractivity contribution in [1.29, 1.82) is 0 Å². The fourth-order valence-electron chi connectivity index (χ4n) is 1.61. The first-order valence-corrected chi connectivity index (χ1v) is 7.35. The van der Waals surface area contributed by atoms with Gasteiger partial charge in [-0.2, -0.15) is 16.7 Å². The van der Waals surface area contributed by atoms with E-state index < -0.39 is 0 Å². The Balaban J connectivity index is 2.74. The third-order valence-corrected chi connectivity index (χ3v) is 3.24. The molecule has 0 bridgehead atoms. The number of anilines is 2. The molecule has 102 valence electrons. The number of aryl methyl sites for hydroxylation is 1. The Labute approximate surface area is 113 Å². The van der Waals surface area contributed by atoms with E-state index in [1.807, 2.05) is 25.9 Å². The number of aromatic nitrogens is 2.